The minimum atomic E-state index is -0.0433. The molecule has 0 saturated heterocycles. The first-order valence-electron chi connectivity index (χ1n) is 5.71. The zero-order valence-corrected chi connectivity index (χ0v) is 9.59. The predicted octanol–water partition coefficient (Wildman–Crippen LogP) is 0.487. The number of nitrogens with one attached hydrogen (secondary N) is 1. The van der Waals surface area contributed by atoms with Crippen LogP contribution in [0.25, 0.3) is 0 Å². The number of aliphatic hydroxyl groups is 1. The third-order valence-corrected chi connectivity index (χ3v) is 2.87. The Morgan fingerprint density at radius 3 is 3.12 bits per heavy atom. The lowest BCUT2D eigenvalue weighted by Crippen LogP contribution is -2.29. The maximum absolute atomic E-state index is 9.38. The van der Waals surface area contributed by atoms with Crippen LogP contribution in [0.2, 0.25) is 0 Å². The topological polar surface area (TPSA) is 59.3 Å². The number of ether oxygens (including phenoxy) is 1. The molecule has 1 aliphatic rings. The van der Waals surface area contributed by atoms with Crippen molar-refractivity contribution < 1.29 is 9.84 Å². The summed E-state index contributed by atoms with van der Waals surface area (Å²) in [7, 11) is 1.67. The monoisotopic (exact) mass is 225 g/mol. The summed E-state index contributed by atoms with van der Waals surface area (Å²) in [6.45, 7) is 1.47. The quantitative estimate of drug-likeness (QED) is 0.663. The summed E-state index contributed by atoms with van der Waals surface area (Å²) in [5, 5.41) is 12.6. The van der Waals surface area contributed by atoms with Gasteiger partial charge in [-0.25, -0.2) is 4.98 Å². The first kappa shape index (κ1) is 11.6. The number of imidazole rings is 1. The maximum atomic E-state index is 9.38. The number of aromatic nitrogens is 2. The van der Waals surface area contributed by atoms with Gasteiger partial charge in [0.05, 0.1) is 31.3 Å². The third-order valence-electron chi connectivity index (χ3n) is 2.87. The van der Waals surface area contributed by atoms with E-state index < -0.39 is 0 Å². The van der Waals surface area contributed by atoms with E-state index in [1.54, 1.807) is 7.11 Å². The predicted molar refractivity (Wildman–Crippen MR) is 60.2 cm³/mol. The third kappa shape index (κ3) is 2.61. The summed E-state index contributed by atoms with van der Waals surface area (Å²) >= 11 is 0. The molecule has 90 valence electrons. The van der Waals surface area contributed by atoms with Crippen LogP contribution in [0, 0.1) is 0 Å². The molecule has 5 heteroatoms. The van der Waals surface area contributed by atoms with Crippen molar-refractivity contribution in [3.63, 3.8) is 0 Å². The highest BCUT2D eigenvalue weighted by molar-refractivity contribution is 5.09. The zero-order chi connectivity index (χ0) is 11.4. The summed E-state index contributed by atoms with van der Waals surface area (Å²) in [4.78, 5) is 4.16. The molecule has 1 saturated carbocycles. The summed E-state index contributed by atoms with van der Waals surface area (Å²) in [6.07, 6.45) is 6.13. The van der Waals surface area contributed by atoms with Gasteiger partial charge in [0, 0.05) is 25.9 Å². The average molecular weight is 225 g/mol. The molecule has 0 bridgehead atoms. The van der Waals surface area contributed by atoms with Crippen LogP contribution in [0.3, 0.4) is 0 Å². The molecule has 1 unspecified atom stereocenters. The molecular formula is C11H19N3O2. The van der Waals surface area contributed by atoms with Crippen molar-refractivity contribution in [2.45, 2.75) is 24.9 Å². The number of hydrogen-bond donors (Lipinski definition) is 2. The molecule has 2 rings (SSSR count). The second kappa shape index (κ2) is 5.43. The Hall–Kier alpha value is -0.910. The Kier molecular flexibility index (Phi) is 3.93. The molecule has 1 aliphatic carbocycles. The van der Waals surface area contributed by atoms with Gasteiger partial charge in [0.25, 0.3) is 0 Å². The standard InChI is InChI=1S/C11H19N3O2/c1-16-5-4-13-10(7-15)11-6-12-8-14(11)9-2-3-9/h6,8-10,13,15H,2-5,7H2,1H3. The fourth-order valence-electron chi connectivity index (χ4n) is 1.84. The number of hydrogen-bond acceptors (Lipinski definition) is 4. The van der Waals surface area contributed by atoms with Gasteiger partial charge < -0.3 is 19.7 Å². The van der Waals surface area contributed by atoms with Crippen LogP contribution < -0.4 is 5.32 Å². The molecule has 16 heavy (non-hydrogen) atoms. The summed E-state index contributed by atoms with van der Waals surface area (Å²) in [6, 6.07) is 0.550. The second-order valence-electron chi connectivity index (χ2n) is 4.14. The number of nitrogens with zero attached hydrogens (tertiary/aromatic N) is 2. The van der Waals surface area contributed by atoms with E-state index in [0.29, 0.717) is 12.6 Å². The molecule has 0 aromatic carbocycles. The molecule has 1 aromatic rings. The Morgan fingerprint density at radius 1 is 1.69 bits per heavy atom. The first-order valence-corrected chi connectivity index (χ1v) is 5.71. The van der Waals surface area contributed by atoms with Gasteiger partial charge in [-0.1, -0.05) is 0 Å². The molecule has 0 spiro atoms. The van der Waals surface area contributed by atoms with Gasteiger partial charge in [-0.05, 0) is 12.8 Å². The maximum Gasteiger partial charge on any atom is 0.0951 e. The van der Waals surface area contributed by atoms with Gasteiger partial charge in [-0.15, -0.1) is 0 Å². The lowest BCUT2D eigenvalue weighted by molar-refractivity contribution is 0.182. The number of rotatable bonds is 7. The Bertz CT molecular complexity index is 323. The van der Waals surface area contributed by atoms with Crippen LogP contribution in [-0.4, -0.2) is 41.5 Å². The minimum absolute atomic E-state index is 0.0433. The van der Waals surface area contributed by atoms with Crippen molar-refractivity contribution in [3.8, 4) is 0 Å². The van der Waals surface area contributed by atoms with E-state index in [4.69, 9.17) is 4.74 Å². The normalized spacial score (nSPS) is 17.6. The van der Waals surface area contributed by atoms with E-state index in [2.05, 4.69) is 14.9 Å². The van der Waals surface area contributed by atoms with Crippen molar-refractivity contribution in [3.05, 3.63) is 18.2 Å². The van der Waals surface area contributed by atoms with Gasteiger partial charge in [-0.3, -0.25) is 0 Å². The fourth-order valence-corrected chi connectivity index (χ4v) is 1.84. The Labute approximate surface area is 95.4 Å². The van der Waals surface area contributed by atoms with Gasteiger partial charge in [-0.2, -0.15) is 0 Å². The van der Waals surface area contributed by atoms with E-state index in [1.165, 1.54) is 12.8 Å². The van der Waals surface area contributed by atoms with E-state index in [-0.39, 0.29) is 12.6 Å². The lowest BCUT2D eigenvalue weighted by atomic mass is 10.2. The fraction of sp³-hybridized carbons (Fsp3) is 0.727. The highest BCUT2D eigenvalue weighted by Gasteiger charge is 2.27. The molecule has 2 N–H and O–H groups in total. The van der Waals surface area contributed by atoms with Crippen LogP contribution in [-0.2, 0) is 4.74 Å². The molecule has 1 heterocycles. The van der Waals surface area contributed by atoms with Gasteiger partial charge >= 0.3 is 0 Å². The molecule has 1 aromatic heterocycles. The Balaban J connectivity index is 1.98. The summed E-state index contributed by atoms with van der Waals surface area (Å²) < 4.78 is 7.14. The largest absolute Gasteiger partial charge is 0.394 e. The molecule has 0 aliphatic heterocycles. The van der Waals surface area contributed by atoms with Gasteiger partial charge in [0.15, 0.2) is 0 Å². The van der Waals surface area contributed by atoms with Crippen LogP contribution in [0.15, 0.2) is 12.5 Å². The first-order chi connectivity index (χ1) is 7.86. The van der Waals surface area contributed by atoms with Crippen LogP contribution in [0.1, 0.15) is 30.6 Å². The molecule has 0 radical (unpaired) electrons. The number of methoxy groups -OCH3 is 1. The molecule has 0 amide bonds. The van der Waals surface area contributed by atoms with Crippen molar-refractivity contribution >= 4 is 0 Å². The van der Waals surface area contributed by atoms with Crippen molar-refractivity contribution in [2.24, 2.45) is 0 Å². The molecule has 1 atom stereocenters. The highest BCUT2D eigenvalue weighted by Crippen LogP contribution is 2.36. The van der Waals surface area contributed by atoms with Crippen molar-refractivity contribution in [1.82, 2.24) is 14.9 Å². The van der Waals surface area contributed by atoms with Crippen LogP contribution >= 0.6 is 0 Å². The van der Waals surface area contributed by atoms with E-state index in [0.717, 1.165) is 12.2 Å². The van der Waals surface area contributed by atoms with Crippen LogP contribution in [0.4, 0.5) is 0 Å². The van der Waals surface area contributed by atoms with Crippen molar-refractivity contribution in [2.75, 3.05) is 26.9 Å². The minimum Gasteiger partial charge on any atom is -0.394 e. The zero-order valence-electron chi connectivity index (χ0n) is 9.59. The lowest BCUT2D eigenvalue weighted by Gasteiger charge is -2.17. The molecule has 1 fully saturated rings. The smallest absolute Gasteiger partial charge is 0.0951 e. The highest BCUT2D eigenvalue weighted by atomic mass is 16.5. The van der Waals surface area contributed by atoms with E-state index >= 15 is 0 Å². The van der Waals surface area contributed by atoms with Crippen molar-refractivity contribution in [1.29, 1.82) is 0 Å². The van der Waals surface area contributed by atoms with Gasteiger partial charge in [0.1, 0.15) is 0 Å². The van der Waals surface area contributed by atoms with Gasteiger partial charge in [0.2, 0.25) is 0 Å². The number of aliphatic hydroxyl groups excluding tert-OH is 1. The van der Waals surface area contributed by atoms with E-state index in [1.807, 2.05) is 12.5 Å². The average Bonchev–Trinajstić information content (AvgIpc) is 3.04. The SMILES string of the molecule is COCCNC(CO)c1cncn1C1CC1. The molecule has 5 nitrogen and oxygen atoms in total. The molecular weight excluding hydrogens is 206 g/mol. The van der Waals surface area contributed by atoms with E-state index in [9.17, 15) is 5.11 Å². The second-order valence-corrected chi connectivity index (χ2v) is 4.14. The summed E-state index contributed by atoms with van der Waals surface area (Å²) in [5.41, 5.74) is 1.07. The Morgan fingerprint density at radius 2 is 2.50 bits per heavy atom. The van der Waals surface area contributed by atoms with Crippen LogP contribution in [0.5, 0.6) is 0 Å². The summed E-state index contributed by atoms with van der Waals surface area (Å²) in [5.74, 6) is 0.